The Kier molecular flexibility index (Phi) is 7.20. The summed E-state index contributed by atoms with van der Waals surface area (Å²) in [5.41, 5.74) is 5.18. The quantitative estimate of drug-likeness (QED) is 0.188. The Morgan fingerprint density at radius 3 is 2.37 bits per heavy atom. The summed E-state index contributed by atoms with van der Waals surface area (Å²) >= 11 is 0.974. The van der Waals surface area contributed by atoms with E-state index in [1.54, 1.807) is 24.3 Å². The number of carbonyl (C=O) groups is 2. The van der Waals surface area contributed by atoms with Gasteiger partial charge < -0.3 is 9.30 Å². The molecule has 41 heavy (non-hydrogen) atoms. The van der Waals surface area contributed by atoms with E-state index in [0.717, 1.165) is 50.7 Å². The maximum absolute atomic E-state index is 13.9. The molecule has 1 aliphatic heterocycles. The van der Waals surface area contributed by atoms with Crippen molar-refractivity contribution in [3.8, 4) is 11.4 Å². The van der Waals surface area contributed by atoms with Crippen LogP contribution in [-0.4, -0.2) is 20.6 Å². The van der Waals surface area contributed by atoms with Gasteiger partial charge in [-0.1, -0.05) is 60.7 Å². The van der Waals surface area contributed by atoms with Gasteiger partial charge in [-0.05, 0) is 90.0 Å². The van der Waals surface area contributed by atoms with Gasteiger partial charge in [0.1, 0.15) is 18.2 Å². The first kappa shape index (κ1) is 26.6. The minimum Gasteiger partial charge on any atom is -0.489 e. The Morgan fingerprint density at radius 1 is 0.854 bits per heavy atom. The molecule has 0 bridgehead atoms. The van der Waals surface area contributed by atoms with Crippen molar-refractivity contribution in [2.75, 3.05) is 0 Å². The Morgan fingerprint density at radius 2 is 1.56 bits per heavy atom. The first-order valence-electron chi connectivity index (χ1n) is 13.3. The molecule has 2 amide bonds. The predicted molar refractivity (Wildman–Crippen MR) is 161 cm³/mol. The lowest BCUT2D eigenvalue weighted by Crippen LogP contribution is -2.27. The monoisotopic (exact) mass is 562 g/mol. The molecule has 0 aliphatic carbocycles. The van der Waals surface area contributed by atoms with Crippen LogP contribution >= 0.6 is 11.8 Å². The van der Waals surface area contributed by atoms with Crippen LogP contribution in [0.4, 0.5) is 9.18 Å². The Hall–Kier alpha value is -4.62. The summed E-state index contributed by atoms with van der Waals surface area (Å²) < 4.78 is 21.8. The standard InChI is InChI=1S/C34H27FN2O3S/c1-22-18-27(23(2)37(22)28-14-16-29(17-15-28)40-21-26-9-4-6-13-31(26)35)19-32-33(38)36(34(39)41-32)20-25-11-7-10-24-8-3-5-12-30(24)25/h3-19H,20-21H2,1-2H3/b32-19+. The highest BCUT2D eigenvalue weighted by molar-refractivity contribution is 8.18. The lowest BCUT2D eigenvalue weighted by molar-refractivity contribution is -0.123. The normalized spacial score (nSPS) is 14.4. The average Bonchev–Trinajstić information content (AvgIpc) is 3.41. The van der Waals surface area contributed by atoms with Crippen LogP contribution in [0.2, 0.25) is 0 Å². The molecular formula is C34H27FN2O3S. The van der Waals surface area contributed by atoms with Gasteiger partial charge in [-0.25, -0.2) is 4.39 Å². The third kappa shape index (κ3) is 5.28. The molecule has 1 aliphatic rings. The first-order valence-corrected chi connectivity index (χ1v) is 14.1. The minimum atomic E-state index is -0.290. The maximum atomic E-state index is 13.9. The predicted octanol–water partition coefficient (Wildman–Crippen LogP) is 8.20. The van der Waals surface area contributed by atoms with E-state index in [9.17, 15) is 14.0 Å². The van der Waals surface area contributed by atoms with Crippen LogP contribution in [-0.2, 0) is 17.9 Å². The number of fused-ring (bicyclic) bond motifs is 1. The van der Waals surface area contributed by atoms with Gasteiger partial charge >= 0.3 is 0 Å². The van der Waals surface area contributed by atoms with E-state index >= 15 is 0 Å². The molecule has 1 saturated heterocycles. The van der Waals surface area contributed by atoms with E-state index in [1.807, 2.05) is 86.6 Å². The van der Waals surface area contributed by atoms with Crippen LogP contribution in [0.1, 0.15) is 28.1 Å². The highest BCUT2D eigenvalue weighted by Crippen LogP contribution is 2.35. The van der Waals surface area contributed by atoms with Gasteiger partial charge in [0.05, 0.1) is 11.4 Å². The van der Waals surface area contributed by atoms with Gasteiger partial charge in [-0.3, -0.25) is 14.5 Å². The van der Waals surface area contributed by atoms with E-state index in [0.29, 0.717) is 16.2 Å². The molecule has 204 valence electrons. The molecule has 0 saturated carbocycles. The Balaban J connectivity index is 1.20. The summed E-state index contributed by atoms with van der Waals surface area (Å²) in [6.45, 7) is 4.36. The number of thioether (sulfide) groups is 1. The SMILES string of the molecule is Cc1cc(/C=C2/SC(=O)N(Cc3cccc4ccccc34)C2=O)c(C)n1-c1ccc(OCc2ccccc2F)cc1. The van der Waals surface area contributed by atoms with Crippen molar-refractivity contribution in [2.45, 2.75) is 27.0 Å². The molecule has 0 N–H and O–H groups in total. The van der Waals surface area contributed by atoms with Crippen LogP contribution in [0.3, 0.4) is 0 Å². The molecule has 4 aromatic carbocycles. The number of aryl methyl sites for hydroxylation is 1. The van der Waals surface area contributed by atoms with E-state index in [2.05, 4.69) is 4.57 Å². The van der Waals surface area contributed by atoms with E-state index in [-0.39, 0.29) is 30.1 Å². The molecule has 1 aromatic heterocycles. The summed E-state index contributed by atoms with van der Waals surface area (Å²) in [4.78, 5) is 27.9. The van der Waals surface area contributed by atoms with Crippen molar-refractivity contribution in [1.29, 1.82) is 0 Å². The summed E-state index contributed by atoms with van der Waals surface area (Å²) in [6.07, 6.45) is 1.80. The molecule has 1 fully saturated rings. The molecule has 5 aromatic rings. The van der Waals surface area contributed by atoms with Crippen LogP contribution < -0.4 is 4.74 Å². The fourth-order valence-corrected chi connectivity index (χ4v) is 6.01. The van der Waals surface area contributed by atoms with Crippen molar-refractivity contribution in [3.63, 3.8) is 0 Å². The summed E-state index contributed by atoms with van der Waals surface area (Å²) in [7, 11) is 0. The molecule has 0 spiro atoms. The Labute approximate surface area is 241 Å². The molecule has 0 radical (unpaired) electrons. The maximum Gasteiger partial charge on any atom is 0.293 e. The number of nitrogens with zero attached hydrogens (tertiary/aromatic N) is 2. The highest BCUT2D eigenvalue weighted by Gasteiger charge is 2.35. The van der Waals surface area contributed by atoms with Crippen molar-refractivity contribution in [3.05, 3.63) is 136 Å². The lowest BCUT2D eigenvalue weighted by Gasteiger charge is -2.14. The number of amides is 2. The number of ether oxygens (including phenoxy) is 1. The van der Waals surface area contributed by atoms with Crippen LogP contribution in [0.15, 0.2) is 102 Å². The fourth-order valence-electron chi connectivity index (χ4n) is 5.18. The van der Waals surface area contributed by atoms with E-state index in [1.165, 1.54) is 11.0 Å². The fraction of sp³-hybridized carbons (Fsp3) is 0.118. The smallest absolute Gasteiger partial charge is 0.293 e. The Bertz CT molecular complexity index is 1820. The third-order valence-corrected chi connectivity index (χ3v) is 8.19. The van der Waals surface area contributed by atoms with Crippen LogP contribution in [0.5, 0.6) is 5.75 Å². The number of halogens is 1. The number of rotatable bonds is 7. The van der Waals surface area contributed by atoms with Gasteiger partial charge in [0.2, 0.25) is 0 Å². The number of benzene rings is 4. The number of hydrogen-bond acceptors (Lipinski definition) is 4. The summed E-state index contributed by atoms with van der Waals surface area (Å²) in [6, 6.07) is 30.1. The van der Waals surface area contributed by atoms with Gasteiger partial charge in [0.25, 0.3) is 11.1 Å². The second-order valence-electron chi connectivity index (χ2n) is 9.94. The van der Waals surface area contributed by atoms with Gasteiger partial charge in [0, 0.05) is 22.6 Å². The average molecular weight is 563 g/mol. The second-order valence-corrected chi connectivity index (χ2v) is 10.9. The first-order chi connectivity index (χ1) is 19.9. The molecule has 6 rings (SSSR count). The second kappa shape index (κ2) is 11.1. The lowest BCUT2D eigenvalue weighted by atomic mass is 10.0. The minimum absolute atomic E-state index is 0.146. The highest BCUT2D eigenvalue weighted by atomic mass is 32.2. The topological polar surface area (TPSA) is 51.5 Å². The molecule has 0 unspecified atom stereocenters. The van der Waals surface area contributed by atoms with Gasteiger partial charge in [-0.2, -0.15) is 0 Å². The van der Waals surface area contributed by atoms with Crippen LogP contribution in [0.25, 0.3) is 22.5 Å². The zero-order valence-corrected chi connectivity index (χ0v) is 23.5. The number of carbonyl (C=O) groups excluding carboxylic acids is 2. The summed E-state index contributed by atoms with van der Waals surface area (Å²) in [5, 5.41) is 1.84. The zero-order valence-electron chi connectivity index (χ0n) is 22.6. The van der Waals surface area contributed by atoms with Crippen molar-refractivity contribution in [2.24, 2.45) is 0 Å². The van der Waals surface area contributed by atoms with Crippen molar-refractivity contribution < 1.29 is 18.7 Å². The van der Waals surface area contributed by atoms with Crippen molar-refractivity contribution >= 4 is 39.8 Å². The number of imide groups is 1. The zero-order chi connectivity index (χ0) is 28.5. The number of aromatic nitrogens is 1. The third-order valence-electron chi connectivity index (χ3n) is 7.29. The number of hydrogen-bond donors (Lipinski definition) is 0. The summed E-state index contributed by atoms with van der Waals surface area (Å²) in [5.74, 6) is 0.0651. The molecule has 5 nitrogen and oxygen atoms in total. The van der Waals surface area contributed by atoms with E-state index in [4.69, 9.17) is 4.74 Å². The molecule has 7 heteroatoms. The largest absolute Gasteiger partial charge is 0.489 e. The van der Waals surface area contributed by atoms with Crippen LogP contribution in [0, 0.1) is 19.7 Å². The molecule has 2 heterocycles. The van der Waals surface area contributed by atoms with Gasteiger partial charge in [-0.15, -0.1) is 0 Å². The molecule has 0 atom stereocenters. The van der Waals surface area contributed by atoms with Gasteiger partial charge in [0.15, 0.2) is 0 Å². The van der Waals surface area contributed by atoms with Crippen molar-refractivity contribution in [1.82, 2.24) is 9.47 Å². The molecular weight excluding hydrogens is 535 g/mol. The van der Waals surface area contributed by atoms with E-state index < -0.39 is 0 Å².